The minimum Gasteiger partial charge on any atom is -0.393 e. The molecule has 1 aromatic rings. The molecule has 0 radical (unpaired) electrons. The number of fused-ring (bicyclic) bond motifs is 3. The monoisotopic (exact) mass is 234 g/mol. The van der Waals surface area contributed by atoms with Crippen LogP contribution in [0, 0.1) is 0 Å². The quantitative estimate of drug-likeness (QED) is 0.607. The summed E-state index contributed by atoms with van der Waals surface area (Å²) in [6.45, 7) is 0. The van der Waals surface area contributed by atoms with Gasteiger partial charge in [-0.25, -0.2) is 0 Å². The van der Waals surface area contributed by atoms with Crippen molar-refractivity contribution in [3.05, 3.63) is 34.4 Å². The molecule has 3 rings (SSSR count). The first-order chi connectivity index (χ1) is 8.15. The molecular weight excluding hydrogens is 216 g/mol. The molecule has 3 atom stereocenters. The number of hydrogen-bond acceptors (Lipinski definition) is 3. The van der Waals surface area contributed by atoms with Gasteiger partial charge in [0.1, 0.15) is 0 Å². The molecular formula is C14H18O3. The first-order valence-corrected chi connectivity index (χ1v) is 6.32. The maximum Gasteiger partial charge on any atom is 0.0842 e. The molecule has 17 heavy (non-hydrogen) atoms. The van der Waals surface area contributed by atoms with Gasteiger partial charge >= 0.3 is 0 Å². The molecule has 3 unspecified atom stereocenters. The van der Waals surface area contributed by atoms with E-state index in [4.69, 9.17) is 0 Å². The van der Waals surface area contributed by atoms with Crippen LogP contribution in [0.25, 0.3) is 0 Å². The normalized spacial score (nSPS) is 31.8. The van der Waals surface area contributed by atoms with Crippen LogP contribution in [0.5, 0.6) is 0 Å². The highest BCUT2D eigenvalue weighted by Crippen LogP contribution is 2.32. The van der Waals surface area contributed by atoms with Gasteiger partial charge in [-0.15, -0.1) is 0 Å². The molecule has 3 N–H and O–H groups in total. The Hall–Kier alpha value is -0.900. The van der Waals surface area contributed by atoms with Gasteiger partial charge in [0.2, 0.25) is 0 Å². The van der Waals surface area contributed by atoms with E-state index in [2.05, 4.69) is 6.07 Å². The maximum atomic E-state index is 9.78. The third-order valence-corrected chi connectivity index (χ3v) is 4.09. The van der Waals surface area contributed by atoms with Crippen molar-refractivity contribution in [2.75, 3.05) is 0 Å². The fourth-order valence-corrected chi connectivity index (χ4v) is 3.11. The number of hydrogen-bond donors (Lipinski definition) is 3. The van der Waals surface area contributed by atoms with E-state index in [1.165, 1.54) is 16.7 Å². The summed E-state index contributed by atoms with van der Waals surface area (Å²) < 4.78 is 0. The van der Waals surface area contributed by atoms with Crippen LogP contribution in [0.3, 0.4) is 0 Å². The van der Waals surface area contributed by atoms with Gasteiger partial charge in [-0.3, -0.25) is 0 Å². The van der Waals surface area contributed by atoms with Crippen molar-refractivity contribution in [3.63, 3.8) is 0 Å². The molecule has 2 aliphatic carbocycles. The fraction of sp³-hybridized carbons (Fsp3) is 0.571. The average molecular weight is 234 g/mol. The van der Waals surface area contributed by atoms with Gasteiger partial charge in [-0.05, 0) is 41.5 Å². The van der Waals surface area contributed by atoms with Crippen molar-refractivity contribution in [3.8, 4) is 0 Å². The SMILES string of the molecule is OC1CCc2c(ccc3c2CC(O)C(O)C3)C1. The van der Waals surface area contributed by atoms with Crippen molar-refractivity contribution in [2.45, 2.75) is 50.4 Å². The third kappa shape index (κ3) is 1.88. The van der Waals surface area contributed by atoms with E-state index in [0.717, 1.165) is 24.8 Å². The van der Waals surface area contributed by atoms with E-state index in [1.54, 1.807) is 0 Å². The van der Waals surface area contributed by atoms with Crippen molar-refractivity contribution < 1.29 is 15.3 Å². The Kier molecular flexibility index (Phi) is 2.69. The Morgan fingerprint density at radius 1 is 0.824 bits per heavy atom. The Labute approximate surface area is 101 Å². The van der Waals surface area contributed by atoms with Crippen LogP contribution in [0.15, 0.2) is 12.1 Å². The molecule has 0 saturated heterocycles. The molecule has 0 aliphatic heterocycles. The molecule has 0 spiro atoms. The second kappa shape index (κ2) is 4.09. The lowest BCUT2D eigenvalue weighted by Gasteiger charge is -2.31. The molecule has 0 saturated carbocycles. The van der Waals surface area contributed by atoms with E-state index in [9.17, 15) is 15.3 Å². The van der Waals surface area contributed by atoms with Gasteiger partial charge in [0.25, 0.3) is 0 Å². The number of aliphatic hydroxyl groups is 3. The van der Waals surface area contributed by atoms with E-state index < -0.39 is 12.2 Å². The fourth-order valence-electron chi connectivity index (χ4n) is 3.11. The van der Waals surface area contributed by atoms with E-state index in [1.807, 2.05) is 6.07 Å². The van der Waals surface area contributed by atoms with E-state index >= 15 is 0 Å². The molecule has 3 heteroatoms. The summed E-state index contributed by atoms with van der Waals surface area (Å²) in [5.74, 6) is 0. The highest BCUT2D eigenvalue weighted by molar-refractivity contribution is 5.45. The predicted octanol–water partition coefficient (Wildman–Crippen LogP) is 0.357. The van der Waals surface area contributed by atoms with Crippen LogP contribution in [0.2, 0.25) is 0 Å². The van der Waals surface area contributed by atoms with Gasteiger partial charge in [-0.1, -0.05) is 12.1 Å². The van der Waals surface area contributed by atoms with Gasteiger partial charge in [0.15, 0.2) is 0 Å². The summed E-state index contributed by atoms with van der Waals surface area (Å²) in [5, 5.41) is 29.1. The smallest absolute Gasteiger partial charge is 0.0842 e. The molecule has 0 fully saturated rings. The van der Waals surface area contributed by atoms with Gasteiger partial charge in [0.05, 0.1) is 18.3 Å². The van der Waals surface area contributed by atoms with Crippen molar-refractivity contribution in [1.29, 1.82) is 0 Å². The van der Waals surface area contributed by atoms with Crippen LogP contribution >= 0.6 is 0 Å². The highest BCUT2D eigenvalue weighted by atomic mass is 16.3. The van der Waals surface area contributed by atoms with Gasteiger partial charge in [0, 0.05) is 12.8 Å². The molecule has 0 amide bonds. The molecule has 1 aromatic carbocycles. The summed E-state index contributed by atoms with van der Waals surface area (Å²) in [6.07, 6.45) is 2.03. The minimum atomic E-state index is -0.638. The Balaban J connectivity index is 2.03. The summed E-state index contributed by atoms with van der Waals surface area (Å²) >= 11 is 0. The Morgan fingerprint density at radius 3 is 2.24 bits per heavy atom. The first kappa shape index (κ1) is 11.2. The van der Waals surface area contributed by atoms with Gasteiger partial charge < -0.3 is 15.3 Å². The maximum absolute atomic E-state index is 9.78. The zero-order valence-corrected chi connectivity index (χ0v) is 9.76. The van der Waals surface area contributed by atoms with Crippen LogP contribution < -0.4 is 0 Å². The summed E-state index contributed by atoms with van der Waals surface area (Å²) in [7, 11) is 0. The van der Waals surface area contributed by atoms with Crippen molar-refractivity contribution in [2.24, 2.45) is 0 Å². The number of benzene rings is 1. The zero-order chi connectivity index (χ0) is 12.0. The minimum absolute atomic E-state index is 0.223. The van der Waals surface area contributed by atoms with Crippen LogP contribution in [-0.4, -0.2) is 33.6 Å². The van der Waals surface area contributed by atoms with Gasteiger partial charge in [-0.2, -0.15) is 0 Å². The number of rotatable bonds is 0. The lowest BCUT2D eigenvalue weighted by molar-refractivity contribution is 0.0138. The Bertz CT molecular complexity index is 441. The highest BCUT2D eigenvalue weighted by Gasteiger charge is 2.29. The first-order valence-electron chi connectivity index (χ1n) is 6.32. The van der Waals surface area contributed by atoms with Crippen LogP contribution in [0.4, 0.5) is 0 Å². The summed E-state index contributed by atoms with van der Waals surface area (Å²) in [5.41, 5.74) is 4.90. The lowest BCUT2D eigenvalue weighted by atomic mass is 9.78. The average Bonchev–Trinajstić information content (AvgIpc) is 2.30. The van der Waals surface area contributed by atoms with Crippen molar-refractivity contribution in [1.82, 2.24) is 0 Å². The van der Waals surface area contributed by atoms with Crippen LogP contribution in [0.1, 0.15) is 28.7 Å². The second-order valence-electron chi connectivity index (χ2n) is 5.28. The molecule has 0 heterocycles. The Morgan fingerprint density at radius 2 is 1.47 bits per heavy atom. The standard InChI is InChI=1S/C14H18O3/c15-10-3-4-11-8(5-10)1-2-9-6-13(16)14(17)7-12(9)11/h1-2,10,13-17H,3-7H2. The topological polar surface area (TPSA) is 60.7 Å². The number of aliphatic hydroxyl groups excluding tert-OH is 3. The summed E-state index contributed by atoms with van der Waals surface area (Å²) in [6, 6.07) is 4.11. The second-order valence-corrected chi connectivity index (χ2v) is 5.28. The largest absolute Gasteiger partial charge is 0.393 e. The lowest BCUT2D eigenvalue weighted by Crippen LogP contribution is -2.36. The molecule has 92 valence electrons. The zero-order valence-electron chi connectivity index (χ0n) is 9.76. The molecule has 2 aliphatic rings. The van der Waals surface area contributed by atoms with E-state index in [-0.39, 0.29) is 6.10 Å². The summed E-state index contributed by atoms with van der Waals surface area (Å²) in [4.78, 5) is 0. The third-order valence-electron chi connectivity index (χ3n) is 4.09. The predicted molar refractivity (Wildman–Crippen MR) is 63.9 cm³/mol. The van der Waals surface area contributed by atoms with E-state index in [0.29, 0.717) is 12.8 Å². The van der Waals surface area contributed by atoms with Crippen molar-refractivity contribution >= 4 is 0 Å². The molecule has 3 nitrogen and oxygen atoms in total. The molecule has 0 bridgehead atoms. The van der Waals surface area contributed by atoms with Crippen LogP contribution in [-0.2, 0) is 25.7 Å². The molecule has 0 aromatic heterocycles.